The van der Waals surface area contributed by atoms with Gasteiger partial charge in [0.15, 0.2) is 11.5 Å². The molecule has 0 radical (unpaired) electrons. The zero-order valence-corrected chi connectivity index (χ0v) is 21.0. The lowest BCUT2D eigenvalue weighted by atomic mass is 9.89. The van der Waals surface area contributed by atoms with Gasteiger partial charge in [0.2, 0.25) is 6.79 Å². The molecule has 0 amide bonds. The maximum atomic E-state index is 13.8. The van der Waals surface area contributed by atoms with E-state index >= 15 is 0 Å². The Morgan fingerprint density at radius 1 is 1.26 bits per heavy atom. The highest BCUT2D eigenvalue weighted by Gasteiger charge is 2.51. The molecule has 1 saturated carbocycles. The number of hydrogen-bond donors (Lipinski definition) is 0. The summed E-state index contributed by atoms with van der Waals surface area (Å²) in [4.78, 5) is 21.5. The van der Waals surface area contributed by atoms with Crippen molar-refractivity contribution in [3.8, 4) is 11.5 Å². The van der Waals surface area contributed by atoms with Gasteiger partial charge in [-0.2, -0.15) is 0 Å². The Hall–Kier alpha value is -2.48. The third kappa shape index (κ3) is 4.24. The van der Waals surface area contributed by atoms with Gasteiger partial charge in [-0.25, -0.2) is 9.37 Å². The first-order chi connectivity index (χ1) is 16.9. The second-order valence-corrected chi connectivity index (χ2v) is 11.4. The minimum Gasteiger partial charge on any atom is -0.454 e. The van der Waals surface area contributed by atoms with Gasteiger partial charge < -0.3 is 9.47 Å². The van der Waals surface area contributed by atoms with E-state index < -0.39 is 5.41 Å². The van der Waals surface area contributed by atoms with Crippen LogP contribution in [0.3, 0.4) is 0 Å². The third-order valence-corrected chi connectivity index (χ3v) is 8.82. The van der Waals surface area contributed by atoms with Crippen molar-refractivity contribution in [1.82, 2.24) is 9.88 Å². The molecule has 3 aliphatic rings. The molecule has 2 atom stereocenters. The van der Waals surface area contributed by atoms with E-state index in [-0.39, 0.29) is 24.4 Å². The summed E-state index contributed by atoms with van der Waals surface area (Å²) >= 11 is 8.05. The molecule has 0 unspecified atom stereocenters. The summed E-state index contributed by atoms with van der Waals surface area (Å²) in [5, 5.41) is 1.22. The van der Waals surface area contributed by atoms with Crippen LogP contribution in [0.1, 0.15) is 53.2 Å². The minimum absolute atomic E-state index is 0.0989. The summed E-state index contributed by atoms with van der Waals surface area (Å²) < 4.78 is 24.7. The number of likely N-dealkylation sites (tertiary alicyclic amines) is 1. The van der Waals surface area contributed by atoms with Gasteiger partial charge in [-0.15, -0.1) is 11.3 Å². The Balaban J connectivity index is 1.25. The quantitative estimate of drug-likeness (QED) is 0.392. The molecule has 1 aliphatic carbocycles. The maximum Gasteiger partial charge on any atom is 0.231 e. The van der Waals surface area contributed by atoms with Crippen LogP contribution in [0.5, 0.6) is 11.5 Å². The van der Waals surface area contributed by atoms with E-state index in [1.807, 2.05) is 24.4 Å². The summed E-state index contributed by atoms with van der Waals surface area (Å²) in [6.07, 6.45) is 4.93. The number of fused-ring (bicyclic) bond motifs is 1. The normalized spacial score (nSPS) is 21.3. The predicted molar refractivity (Wildman–Crippen MR) is 133 cm³/mol. The largest absolute Gasteiger partial charge is 0.454 e. The van der Waals surface area contributed by atoms with Crippen molar-refractivity contribution in [2.24, 2.45) is 5.92 Å². The molecule has 2 fully saturated rings. The molecule has 5 nitrogen and oxygen atoms in total. The highest BCUT2D eigenvalue weighted by atomic mass is 35.5. The minimum atomic E-state index is -0.461. The summed E-state index contributed by atoms with van der Waals surface area (Å²) in [7, 11) is 0. The first-order valence-electron chi connectivity index (χ1n) is 12.0. The van der Waals surface area contributed by atoms with Crippen LogP contribution < -0.4 is 9.47 Å². The molecule has 2 aromatic carbocycles. The van der Waals surface area contributed by atoms with Crippen molar-refractivity contribution in [1.29, 1.82) is 0 Å². The zero-order valence-electron chi connectivity index (χ0n) is 19.4. The van der Waals surface area contributed by atoms with Gasteiger partial charge in [0.25, 0.3) is 0 Å². The molecular weight excluding hydrogens is 487 g/mol. The fraction of sp³-hybridized carbons (Fsp3) is 0.407. The fourth-order valence-corrected chi connectivity index (χ4v) is 6.69. The lowest BCUT2D eigenvalue weighted by molar-refractivity contribution is -0.120. The van der Waals surface area contributed by atoms with Crippen molar-refractivity contribution in [3.05, 3.63) is 74.4 Å². The topological polar surface area (TPSA) is 51.7 Å². The average molecular weight is 513 g/mol. The van der Waals surface area contributed by atoms with Crippen LogP contribution in [0, 0.1) is 11.7 Å². The predicted octanol–water partition coefficient (Wildman–Crippen LogP) is 5.94. The summed E-state index contributed by atoms with van der Waals surface area (Å²) in [6.45, 7) is 4.35. The SMILES string of the molecule is C[C@@H]1CCN([C@H](c2cnc(CC(=O)C3(c4ccc5c(c4)OCO5)CC3)s2)c2ccc(F)cc2Cl)C1. The highest BCUT2D eigenvalue weighted by Crippen LogP contribution is 2.52. The Bertz CT molecular complexity index is 1290. The number of thiazole rings is 1. The standard InChI is InChI=1S/C27H26ClFN2O3S/c1-16-6-9-31(14-16)26(19-4-3-18(29)11-20(19)28)23-13-30-25(35-23)12-24(32)27(7-8-27)17-2-5-21-22(10-17)34-15-33-21/h2-5,10-11,13,16,26H,6-9,12,14-15H2,1H3/t16-,26+/m1/s1. The zero-order chi connectivity index (χ0) is 24.2. The average Bonchev–Trinajstić information content (AvgIpc) is 3.12. The Morgan fingerprint density at radius 3 is 2.83 bits per heavy atom. The van der Waals surface area contributed by atoms with E-state index in [2.05, 4.69) is 16.8 Å². The van der Waals surface area contributed by atoms with Gasteiger partial charge in [-0.3, -0.25) is 9.69 Å². The number of Topliss-reactive ketones (excluding diaryl/α,β-unsaturated/α-hetero) is 1. The summed E-state index contributed by atoms with van der Waals surface area (Å²) in [5.41, 5.74) is 1.41. The first kappa shape index (κ1) is 23.0. The molecule has 6 rings (SSSR count). The van der Waals surface area contributed by atoms with E-state index in [0.717, 1.165) is 59.1 Å². The van der Waals surface area contributed by atoms with Gasteiger partial charge >= 0.3 is 0 Å². The molecule has 2 aliphatic heterocycles. The number of rotatable bonds is 7. The van der Waals surface area contributed by atoms with Gasteiger partial charge in [0.05, 0.1) is 17.9 Å². The lowest BCUT2D eigenvalue weighted by Gasteiger charge is -2.28. The lowest BCUT2D eigenvalue weighted by Crippen LogP contribution is -2.27. The third-order valence-electron chi connectivity index (χ3n) is 7.44. The van der Waals surface area contributed by atoms with E-state index in [9.17, 15) is 9.18 Å². The smallest absolute Gasteiger partial charge is 0.231 e. The molecule has 8 heteroatoms. The second-order valence-electron chi connectivity index (χ2n) is 9.86. The van der Waals surface area contributed by atoms with Crippen LogP contribution in [0.25, 0.3) is 0 Å². The molecule has 0 spiro atoms. The van der Waals surface area contributed by atoms with Crippen molar-refractivity contribution < 1.29 is 18.7 Å². The van der Waals surface area contributed by atoms with E-state index in [0.29, 0.717) is 23.1 Å². The van der Waals surface area contributed by atoms with Crippen molar-refractivity contribution in [2.75, 3.05) is 19.9 Å². The van der Waals surface area contributed by atoms with Gasteiger partial charge in [0, 0.05) is 22.6 Å². The molecule has 1 saturated heterocycles. The number of halogens is 2. The number of carbonyl (C=O) groups is 1. The molecule has 3 heterocycles. The number of ketones is 1. The molecule has 182 valence electrons. The maximum absolute atomic E-state index is 13.8. The van der Waals surface area contributed by atoms with Gasteiger partial charge in [0.1, 0.15) is 16.6 Å². The number of ether oxygens (including phenoxy) is 2. The molecule has 0 N–H and O–H groups in total. The monoisotopic (exact) mass is 512 g/mol. The summed E-state index contributed by atoms with van der Waals surface area (Å²) in [6, 6.07) is 10.3. The van der Waals surface area contributed by atoms with Gasteiger partial charge in [-0.05, 0) is 67.1 Å². The Morgan fingerprint density at radius 2 is 2.09 bits per heavy atom. The van der Waals surface area contributed by atoms with E-state index in [4.69, 9.17) is 21.1 Å². The summed E-state index contributed by atoms with van der Waals surface area (Å²) in [5.74, 6) is 1.85. The Labute approximate surface area is 212 Å². The van der Waals surface area contributed by atoms with Gasteiger partial charge in [-0.1, -0.05) is 30.7 Å². The van der Waals surface area contributed by atoms with Crippen LogP contribution in [0.15, 0.2) is 42.6 Å². The number of benzene rings is 2. The van der Waals surface area contributed by atoms with Crippen molar-refractivity contribution in [3.63, 3.8) is 0 Å². The second kappa shape index (κ2) is 8.87. The highest BCUT2D eigenvalue weighted by molar-refractivity contribution is 7.11. The van der Waals surface area contributed by atoms with E-state index in [1.165, 1.54) is 12.1 Å². The first-order valence-corrected chi connectivity index (χ1v) is 13.2. The Kier molecular flexibility index (Phi) is 5.82. The number of carbonyl (C=O) groups excluding carboxylic acids is 1. The van der Waals surface area contributed by atoms with Crippen molar-refractivity contribution in [2.45, 2.75) is 44.1 Å². The van der Waals surface area contributed by atoms with Crippen LogP contribution >= 0.6 is 22.9 Å². The van der Waals surface area contributed by atoms with Crippen LogP contribution in [-0.4, -0.2) is 35.5 Å². The molecule has 1 aromatic heterocycles. The molecule has 3 aromatic rings. The number of nitrogens with zero attached hydrogens (tertiary/aromatic N) is 2. The van der Waals surface area contributed by atoms with Crippen molar-refractivity contribution >= 4 is 28.7 Å². The molecule has 35 heavy (non-hydrogen) atoms. The van der Waals surface area contributed by atoms with Crippen LogP contribution in [0.2, 0.25) is 5.02 Å². The van der Waals surface area contributed by atoms with E-state index in [1.54, 1.807) is 17.4 Å². The van der Waals surface area contributed by atoms with Crippen LogP contribution in [-0.2, 0) is 16.6 Å². The van der Waals surface area contributed by atoms with Crippen LogP contribution in [0.4, 0.5) is 4.39 Å². The molecule has 0 bridgehead atoms. The number of aromatic nitrogens is 1. The fourth-order valence-electron chi connectivity index (χ4n) is 5.34. The molecular formula is C27H26ClFN2O3S. The number of hydrogen-bond acceptors (Lipinski definition) is 6.